The van der Waals surface area contributed by atoms with Gasteiger partial charge in [-0.2, -0.15) is 0 Å². The zero-order valence-corrected chi connectivity index (χ0v) is 25.5. The Morgan fingerprint density at radius 1 is 1.05 bits per heavy atom. The number of allylic oxidation sites excluding steroid dienone is 3. The normalized spacial score (nSPS) is 22.7. The van der Waals surface area contributed by atoms with Crippen molar-refractivity contribution < 1.29 is 9.53 Å². The molecule has 3 aliphatic heterocycles. The van der Waals surface area contributed by atoms with Gasteiger partial charge in [0.25, 0.3) is 5.91 Å². The standard InChI is InChI=1S/C32H43N3O2S2/c1-5-37-29-16-21-38-31(29)32(36)33-17-14-28(15-18-33)34-19-20-35(23(2)22-34)25(4)26-10-12-27(13-11-26)30-9-7-6-8-24(3)39-30/h8-13,16,21,23,25,28H,5-7,14-15,17-20,22H2,1-4H3/t23-,25+/m1/s1. The minimum absolute atomic E-state index is 0.130. The van der Waals surface area contributed by atoms with Crippen molar-refractivity contribution in [2.24, 2.45) is 0 Å². The minimum Gasteiger partial charge on any atom is -0.492 e. The van der Waals surface area contributed by atoms with Crippen molar-refractivity contribution in [3.05, 3.63) is 68.8 Å². The van der Waals surface area contributed by atoms with Crippen molar-refractivity contribution in [3.8, 4) is 5.75 Å². The molecule has 1 aromatic carbocycles. The van der Waals surface area contributed by atoms with Gasteiger partial charge in [-0.15, -0.1) is 11.3 Å². The summed E-state index contributed by atoms with van der Waals surface area (Å²) < 4.78 is 5.66. The molecule has 5 nitrogen and oxygen atoms in total. The van der Waals surface area contributed by atoms with Crippen LogP contribution in [-0.2, 0) is 0 Å². The zero-order chi connectivity index (χ0) is 27.4. The van der Waals surface area contributed by atoms with Gasteiger partial charge in [0.05, 0.1) is 6.61 Å². The first-order valence-corrected chi connectivity index (χ1v) is 16.3. The molecule has 4 heterocycles. The van der Waals surface area contributed by atoms with Crippen molar-refractivity contribution in [1.82, 2.24) is 14.7 Å². The van der Waals surface area contributed by atoms with Crippen molar-refractivity contribution in [2.45, 2.75) is 71.5 Å². The van der Waals surface area contributed by atoms with E-state index in [2.05, 4.69) is 67.0 Å². The Hall–Kier alpha value is -2.06. The fraction of sp³-hybridized carbons (Fsp3) is 0.531. The lowest BCUT2D eigenvalue weighted by molar-refractivity contribution is 0.0135. The number of likely N-dealkylation sites (tertiary alicyclic amines) is 1. The van der Waals surface area contributed by atoms with Crippen LogP contribution in [0.5, 0.6) is 5.75 Å². The molecule has 210 valence electrons. The Balaban J connectivity index is 1.13. The average molecular weight is 566 g/mol. The number of carbonyl (C=O) groups is 1. The number of rotatable bonds is 7. The number of piperidine rings is 1. The van der Waals surface area contributed by atoms with Crippen molar-refractivity contribution in [3.63, 3.8) is 0 Å². The number of hydrogen-bond donors (Lipinski definition) is 0. The van der Waals surface area contributed by atoms with E-state index in [0.717, 1.165) is 69.0 Å². The third-order valence-electron chi connectivity index (χ3n) is 8.48. The molecule has 3 aliphatic rings. The summed E-state index contributed by atoms with van der Waals surface area (Å²) in [5.74, 6) is 0.862. The first-order chi connectivity index (χ1) is 18.9. The SMILES string of the molecule is CCOc1ccsc1C(=O)N1CCC(N2CCN([C@@H](C)c3ccc(C4=CCCC=C(C)S4)cc3)[C@H](C)C2)CC1. The molecule has 1 aromatic heterocycles. The van der Waals surface area contributed by atoms with Crippen LogP contribution in [0.4, 0.5) is 0 Å². The summed E-state index contributed by atoms with van der Waals surface area (Å²) in [5.41, 5.74) is 2.74. The summed E-state index contributed by atoms with van der Waals surface area (Å²) in [4.78, 5) is 24.0. The minimum atomic E-state index is 0.130. The van der Waals surface area contributed by atoms with Gasteiger partial charge in [0.1, 0.15) is 10.6 Å². The van der Waals surface area contributed by atoms with Gasteiger partial charge in [0.2, 0.25) is 0 Å². The van der Waals surface area contributed by atoms with Gasteiger partial charge in [-0.3, -0.25) is 14.6 Å². The molecule has 5 rings (SSSR count). The van der Waals surface area contributed by atoms with Gasteiger partial charge < -0.3 is 9.64 Å². The van der Waals surface area contributed by atoms with Gasteiger partial charge in [0.15, 0.2) is 0 Å². The van der Waals surface area contributed by atoms with E-state index in [1.165, 1.54) is 32.3 Å². The maximum absolute atomic E-state index is 13.1. The largest absolute Gasteiger partial charge is 0.492 e. The fourth-order valence-electron chi connectivity index (χ4n) is 6.26. The molecular weight excluding hydrogens is 523 g/mol. The number of thiophene rings is 1. The summed E-state index contributed by atoms with van der Waals surface area (Å²) in [6, 6.07) is 12.7. The predicted molar refractivity (Wildman–Crippen MR) is 166 cm³/mol. The Morgan fingerprint density at radius 3 is 2.51 bits per heavy atom. The Bertz CT molecular complexity index is 1180. The first kappa shape index (κ1) is 28.5. The van der Waals surface area contributed by atoms with E-state index in [9.17, 15) is 4.79 Å². The highest BCUT2D eigenvalue weighted by Gasteiger charge is 2.34. The molecule has 0 unspecified atom stereocenters. The molecule has 2 atom stereocenters. The lowest BCUT2D eigenvalue weighted by Gasteiger charge is -2.47. The first-order valence-electron chi connectivity index (χ1n) is 14.6. The van der Waals surface area contributed by atoms with Crippen LogP contribution in [0.2, 0.25) is 0 Å². The second kappa shape index (κ2) is 13.1. The van der Waals surface area contributed by atoms with Crippen molar-refractivity contribution in [2.75, 3.05) is 39.3 Å². The third-order valence-corrected chi connectivity index (χ3v) is 10.5. The summed E-state index contributed by atoms with van der Waals surface area (Å²) in [5, 5.41) is 1.95. The van der Waals surface area contributed by atoms with Crippen LogP contribution in [-0.4, -0.2) is 72.0 Å². The Labute approximate surface area is 242 Å². The number of amides is 1. The van der Waals surface area contributed by atoms with E-state index in [-0.39, 0.29) is 5.91 Å². The molecule has 0 N–H and O–H groups in total. The number of ether oxygens (including phenoxy) is 1. The lowest BCUT2D eigenvalue weighted by atomic mass is 9.98. The summed E-state index contributed by atoms with van der Waals surface area (Å²) in [6.45, 7) is 14.4. The van der Waals surface area contributed by atoms with E-state index in [1.807, 2.05) is 35.0 Å². The van der Waals surface area contributed by atoms with Crippen LogP contribution >= 0.6 is 23.1 Å². The number of thioether (sulfide) groups is 1. The summed E-state index contributed by atoms with van der Waals surface area (Å²) in [6.07, 6.45) is 9.10. The van der Waals surface area contributed by atoms with Crippen LogP contribution in [0.1, 0.15) is 80.2 Å². The molecule has 0 aliphatic carbocycles. The lowest BCUT2D eigenvalue weighted by Crippen LogP contribution is -2.57. The molecule has 0 radical (unpaired) electrons. The zero-order valence-electron chi connectivity index (χ0n) is 23.9. The van der Waals surface area contributed by atoms with E-state index in [1.54, 1.807) is 0 Å². The second-order valence-corrected chi connectivity index (χ2v) is 13.2. The van der Waals surface area contributed by atoms with E-state index >= 15 is 0 Å². The number of nitrogens with zero attached hydrogens (tertiary/aromatic N) is 3. The Kier molecular flexibility index (Phi) is 9.54. The average Bonchev–Trinajstić information content (AvgIpc) is 3.31. The topological polar surface area (TPSA) is 36.0 Å². The molecule has 39 heavy (non-hydrogen) atoms. The van der Waals surface area contributed by atoms with Gasteiger partial charge in [-0.05, 0) is 80.9 Å². The van der Waals surface area contributed by atoms with Gasteiger partial charge in [0, 0.05) is 55.8 Å². The predicted octanol–water partition coefficient (Wildman–Crippen LogP) is 7.29. The molecular formula is C32H43N3O2S2. The molecule has 2 fully saturated rings. The Morgan fingerprint density at radius 2 is 1.79 bits per heavy atom. The van der Waals surface area contributed by atoms with Crippen LogP contribution < -0.4 is 4.74 Å². The number of hydrogen-bond acceptors (Lipinski definition) is 6. The second-order valence-electron chi connectivity index (χ2n) is 11.0. The smallest absolute Gasteiger partial charge is 0.267 e. The summed E-state index contributed by atoms with van der Waals surface area (Å²) >= 11 is 3.39. The van der Waals surface area contributed by atoms with Crippen molar-refractivity contribution in [1.29, 1.82) is 0 Å². The summed E-state index contributed by atoms with van der Waals surface area (Å²) in [7, 11) is 0. The van der Waals surface area contributed by atoms with E-state index < -0.39 is 0 Å². The van der Waals surface area contributed by atoms with Gasteiger partial charge in [-0.25, -0.2) is 0 Å². The maximum atomic E-state index is 13.1. The van der Waals surface area contributed by atoms with E-state index in [0.29, 0.717) is 24.7 Å². The molecule has 1 amide bonds. The molecule has 0 bridgehead atoms. The van der Waals surface area contributed by atoms with Crippen LogP contribution in [0.15, 0.2) is 52.8 Å². The van der Waals surface area contributed by atoms with Crippen molar-refractivity contribution >= 4 is 33.9 Å². The number of benzene rings is 1. The van der Waals surface area contributed by atoms with Gasteiger partial charge in [-0.1, -0.05) is 48.2 Å². The van der Waals surface area contributed by atoms with Crippen LogP contribution in [0, 0.1) is 0 Å². The monoisotopic (exact) mass is 565 g/mol. The highest BCUT2D eigenvalue weighted by Crippen LogP contribution is 2.37. The fourth-order valence-corrected chi connectivity index (χ4v) is 8.06. The maximum Gasteiger partial charge on any atom is 0.267 e. The van der Waals surface area contributed by atoms with Gasteiger partial charge >= 0.3 is 0 Å². The van der Waals surface area contributed by atoms with Crippen LogP contribution in [0.3, 0.4) is 0 Å². The highest BCUT2D eigenvalue weighted by molar-refractivity contribution is 8.11. The number of carbonyl (C=O) groups excluding carboxylic acids is 1. The van der Waals surface area contributed by atoms with E-state index in [4.69, 9.17) is 4.74 Å². The quantitative estimate of drug-likeness (QED) is 0.352. The molecule has 2 aromatic rings. The highest BCUT2D eigenvalue weighted by atomic mass is 32.2. The number of piperazine rings is 1. The molecule has 0 saturated carbocycles. The third kappa shape index (κ3) is 6.64. The molecule has 0 spiro atoms. The molecule has 2 saturated heterocycles. The molecule has 7 heteroatoms. The van der Waals surface area contributed by atoms with Crippen LogP contribution in [0.25, 0.3) is 4.91 Å².